The van der Waals surface area contributed by atoms with E-state index in [1.54, 1.807) is 22.7 Å². The topological polar surface area (TPSA) is 54.5 Å². The van der Waals surface area contributed by atoms with Gasteiger partial charge in [0.25, 0.3) is 0 Å². The van der Waals surface area contributed by atoms with Gasteiger partial charge in [-0.05, 0) is 72.1 Å². The fraction of sp³-hybridized carbons (Fsp3) is 0. The van der Waals surface area contributed by atoms with Crippen molar-refractivity contribution >= 4 is 78.2 Å². The number of aromatic amines is 1. The Morgan fingerprint density at radius 3 is 1.73 bits per heavy atom. The van der Waals surface area contributed by atoms with Crippen LogP contribution in [-0.2, 0) is 0 Å². The molecular weight excluding hydrogens is 533 g/mol. The summed E-state index contributed by atoms with van der Waals surface area (Å²) in [5, 5.41) is 4.19. The van der Waals surface area contributed by atoms with Gasteiger partial charge >= 0.3 is 0 Å². The number of H-pyrrole nitrogens is 1. The van der Waals surface area contributed by atoms with E-state index in [0.29, 0.717) is 0 Å². The second-order valence-electron chi connectivity index (χ2n) is 8.58. The highest BCUT2D eigenvalue weighted by Crippen LogP contribution is 2.44. The first kappa shape index (κ1) is 21.4. The Hall–Kier alpha value is -3.69. The fourth-order valence-electron chi connectivity index (χ4n) is 4.68. The molecule has 7 heterocycles. The van der Waals surface area contributed by atoms with Gasteiger partial charge in [-0.25, -0.2) is 4.98 Å². The summed E-state index contributed by atoms with van der Waals surface area (Å²) in [6, 6.07) is 25.7. The summed E-state index contributed by atoms with van der Waals surface area (Å²) in [5.74, 6) is 0.878. The number of rotatable bonds is 4. The van der Waals surface area contributed by atoms with E-state index in [1.165, 1.54) is 29.3 Å². The van der Waals surface area contributed by atoms with Crippen LogP contribution in [0.1, 0.15) is 0 Å². The zero-order chi connectivity index (χ0) is 24.3. The summed E-state index contributed by atoms with van der Waals surface area (Å²) in [7, 11) is 0. The van der Waals surface area contributed by atoms with Crippen molar-refractivity contribution in [3.63, 3.8) is 0 Å². The number of aromatic nitrogens is 4. The maximum atomic E-state index is 5.04. The highest BCUT2D eigenvalue weighted by Gasteiger charge is 2.17. The van der Waals surface area contributed by atoms with E-state index in [-0.39, 0.29) is 0 Å². The molecule has 0 fully saturated rings. The summed E-state index contributed by atoms with van der Waals surface area (Å²) in [6.45, 7) is 0. The van der Waals surface area contributed by atoms with Crippen LogP contribution in [0.3, 0.4) is 0 Å². The van der Waals surface area contributed by atoms with Crippen molar-refractivity contribution in [3.8, 4) is 40.0 Å². The Balaban J connectivity index is 1.18. The van der Waals surface area contributed by atoms with Crippen LogP contribution in [0.5, 0.6) is 0 Å². The SMILES string of the molecule is c1csc(-c2ccc(-c3ccc(-c4ccc(-c5nc6c7cccnc7c7ncccc7c6[nH]5)s4)s3)s2)c1. The second-order valence-corrected chi connectivity index (χ2v) is 12.8. The number of fused-ring (bicyclic) bond motifs is 6. The number of benzene rings is 1. The highest BCUT2D eigenvalue weighted by molar-refractivity contribution is 7.28. The zero-order valence-corrected chi connectivity index (χ0v) is 22.4. The number of hydrogen-bond donors (Lipinski definition) is 1. The maximum Gasteiger partial charge on any atom is 0.148 e. The molecular formula is C29H16N4S4. The van der Waals surface area contributed by atoms with Gasteiger partial charge in [-0.2, -0.15) is 0 Å². The van der Waals surface area contributed by atoms with Crippen molar-refractivity contribution in [1.82, 2.24) is 19.9 Å². The molecule has 8 rings (SSSR count). The van der Waals surface area contributed by atoms with Crippen LogP contribution >= 0.6 is 45.3 Å². The van der Waals surface area contributed by atoms with Gasteiger partial charge in [0.15, 0.2) is 0 Å². The van der Waals surface area contributed by atoms with E-state index in [2.05, 4.69) is 81.0 Å². The largest absolute Gasteiger partial charge is 0.337 e. The molecule has 0 saturated heterocycles. The lowest BCUT2D eigenvalue weighted by Gasteiger charge is -2.03. The molecule has 0 bridgehead atoms. The number of hydrogen-bond acceptors (Lipinski definition) is 7. The molecule has 0 aliphatic rings. The van der Waals surface area contributed by atoms with E-state index >= 15 is 0 Å². The number of thiophene rings is 4. The van der Waals surface area contributed by atoms with E-state index in [4.69, 9.17) is 4.98 Å². The van der Waals surface area contributed by atoms with Gasteiger partial charge in [0, 0.05) is 52.4 Å². The van der Waals surface area contributed by atoms with Gasteiger partial charge < -0.3 is 4.98 Å². The highest BCUT2D eigenvalue weighted by atomic mass is 32.1. The van der Waals surface area contributed by atoms with Crippen LogP contribution in [0.4, 0.5) is 0 Å². The molecule has 7 aromatic heterocycles. The molecule has 0 amide bonds. The van der Waals surface area contributed by atoms with Crippen molar-refractivity contribution in [2.75, 3.05) is 0 Å². The van der Waals surface area contributed by atoms with Gasteiger partial charge in [0.05, 0.1) is 26.9 Å². The summed E-state index contributed by atoms with van der Waals surface area (Å²) in [6.07, 6.45) is 3.63. The Labute approximate surface area is 227 Å². The molecule has 0 atom stereocenters. The first-order valence-electron chi connectivity index (χ1n) is 11.7. The second kappa shape index (κ2) is 8.43. The molecule has 0 spiro atoms. The molecule has 1 N–H and O–H groups in total. The normalized spacial score (nSPS) is 11.8. The average Bonchev–Trinajstić information content (AvgIpc) is 3.76. The molecule has 1 aromatic carbocycles. The molecule has 37 heavy (non-hydrogen) atoms. The Morgan fingerprint density at radius 1 is 0.514 bits per heavy atom. The van der Waals surface area contributed by atoms with Gasteiger partial charge in [-0.1, -0.05) is 6.07 Å². The third-order valence-electron chi connectivity index (χ3n) is 6.37. The van der Waals surface area contributed by atoms with Crippen molar-refractivity contribution in [2.24, 2.45) is 0 Å². The lowest BCUT2D eigenvalue weighted by molar-refractivity contribution is 1.36. The molecule has 8 aromatic rings. The minimum Gasteiger partial charge on any atom is -0.337 e. The van der Waals surface area contributed by atoms with E-state index in [9.17, 15) is 0 Å². The first-order chi connectivity index (χ1) is 18.3. The Kier molecular flexibility index (Phi) is 4.87. The molecule has 0 saturated carbocycles. The predicted octanol–water partition coefficient (Wildman–Crippen LogP) is 9.57. The number of nitrogens with zero attached hydrogens (tertiary/aromatic N) is 3. The minimum absolute atomic E-state index is 0.878. The number of pyridine rings is 2. The molecule has 0 aliphatic carbocycles. The summed E-state index contributed by atoms with van der Waals surface area (Å²) >= 11 is 7.26. The Morgan fingerprint density at radius 2 is 1.08 bits per heavy atom. The standard InChI is InChI=1S/C29H16N4S4/c1-4-16-25(30-13-1)26-17(5-2-14-31-26)28-27(16)32-29(33-28)24-12-11-23(37-24)22-10-9-21(36-22)20-8-7-19(35-20)18-6-3-15-34-18/h1-15H,(H,32,33). The van der Waals surface area contributed by atoms with E-state index in [1.807, 2.05) is 47.2 Å². The fourth-order valence-corrected chi connectivity index (χ4v) is 8.66. The molecule has 8 heteroatoms. The third-order valence-corrected chi connectivity index (χ3v) is 11.1. The number of nitrogens with one attached hydrogen (secondary N) is 1. The summed E-state index contributed by atoms with van der Waals surface area (Å²) in [4.78, 5) is 26.8. The van der Waals surface area contributed by atoms with Crippen molar-refractivity contribution < 1.29 is 0 Å². The van der Waals surface area contributed by atoms with Crippen LogP contribution in [0.15, 0.2) is 90.6 Å². The van der Waals surface area contributed by atoms with Gasteiger partial charge in [-0.3, -0.25) is 9.97 Å². The maximum absolute atomic E-state index is 5.04. The first-order valence-corrected chi connectivity index (χ1v) is 15.0. The summed E-state index contributed by atoms with van der Waals surface area (Å²) < 4.78 is 0. The van der Waals surface area contributed by atoms with Crippen molar-refractivity contribution in [3.05, 3.63) is 90.6 Å². The van der Waals surface area contributed by atoms with Gasteiger partial charge in [0.1, 0.15) is 5.82 Å². The molecule has 0 aliphatic heterocycles. The zero-order valence-electron chi connectivity index (χ0n) is 19.1. The monoisotopic (exact) mass is 548 g/mol. The van der Waals surface area contributed by atoms with Gasteiger partial charge in [-0.15, -0.1) is 45.3 Å². The van der Waals surface area contributed by atoms with Crippen LogP contribution in [0.2, 0.25) is 0 Å². The van der Waals surface area contributed by atoms with Crippen molar-refractivity contribution in [2.45, 2.75) is 0 Å². The predicted molar refractivity (Wildman–Crippen MR) is 160 cm³/mol. The van der Waals surface area contributed by atoms with Crippen molar-refractivity contribution in [1.29, 1.82) is 0 Å². The molecule has 0 radical (unpaired) electrons. The lowest BCUT2D eigenvalue weighted by Crippen LogP contribution is -1.86. The van der Waals surface area contributed by atoms with Crippen LogP contribution in [-0.4, -0.2) is 19.9 Å². The molecule has 0 unspecified atom stereocenters. The van der Waals surface area contributed by atoms with Gasteiger partial charge in [0.2, 0.25) is 0 Å². The van der Waals surface area contributed by atoms with Crippen LogP contribution in [0, 0.1) is 0 Å². The smallest absolute Gasteiger partial charge is 0.148 e. The minimum atomic E-state index is 0.878. The average molecular weight is 549 g/mol. The quantitative estimate of drug-likeness (QED) is 0.223. The van der Waals surface area contributed by atoms with Crippen LogP contribution in [0.25, 0.3) is 72.8 Å². The third kappa shape index (κ3) is 3.48. The molecule has 4 nitrogen and oxygen atoms in total. The van der Waals surface area contributed by atoms with E-state index < -0.39 is 0 Å². The molecule has 176 valence electrons. The van der Waals surface area contributed by atoms with Crippen LogP contribution < -0.4 is 0 Å². The Bertz CT molecular complexity index is 1980. The lowest BCUT2D eigenvalue weighted by atomic mass is 10.1. The summed E-state index contributed by atoms with van der Waals surface area (Å²) in [5.41, 5.74) is 3.73. The number of imidazole rings is 1. The van der Waals surface area contributed by atoms with E-state index in [0.717, 1.165) is 43.5 Å².